The van der Waals surface area contributed by atoms with Crippen molar-refractivity contribution < 1.29 is 17.7 Å². The number of hydrogen-bond donors (Lipinski definition) is 0. The number of thioether (sulfide) groups is 1. The summed E-state index contributed by atoms with van der Waals surface area (Å²) in [4.78, 5) is 7.41. The summed E-state index contributed by atoms with van der Waals surface area (Å²) < 4.78 is 40.5. The van der Waals surface area contributed by atoms with E-state index in [2.05, 4.69) is 15.1 Å². The lowest BCUT2D eigenvalue weighted by Gasteiger charge is -2.02. The van der Waals surface area contributed by atoms with Gasteiger partial charge in [0.05, 0.1) is 0 Å². The van der Waals surface area contributed by atoms with Gasteiger partial charge < -0.3 is 0 Å². The largest absolute Gasteiger partial charge is 0.453 e. The summed E-state index contributed by atoms with van der Waals surface area (Å²) in [6.07, 6.45) is 1.84. The molecule has 0 bridgehead atoms. The molecule has 5 nitrogen and oxygen atoms in total. The van der Waals surface area contributed by atoms with E-state index in [0.717, 1.165) is 21.7 Å². The molecule has 3 rings (SSSR count). The van der Waals surface area contributed by atoms with Gasteiger partial charge in [0, 0.05) is 18.2 Å². The standard InChI is InChI=1S/C14H11F3N5S/c1-23-12-4-2-3-7-21(12)10-5-6-11(18-8-10)22-9-19-13(20-22)14(15,16)17/h2-9H,1H3/q+1. The van der Waals surface area contributed by atoms with E-state index in [4.69, 9.17) is 0 Å². The van der Waals surface area contributed by atoms with Gasteiger partial charge in [-0.05, 0) is 18.4 Å². The number of hydrogen-bond acceptors (Lipinski definition) is 4. The minimum absolute atomic E-state index is 0.263. The zero-order valence-corrected chi connectivity index (χ0v) is 12.7. The Bertz CT molecular complexity index is 814. The molecule has 0 aliphatic rings. The van der Waals surface area contributed by atoms with Gasteiger partial charge in [-0.25, -0.2) is 14.6 Å². The van der Waals surface area contributed by atoms with Crippen molar-refractivity contribution in [1.29, 1.82) is 0 Å². The van der Waals surface area contributed by atoms with Crippen molar-refractivity contribution in [2.75, 3.05) is 6.26 Å². The molecule has 0 saturated heterocycles. The quantitative estimate of drug-likeness (QED) is 0.544. The van der Waals surface area contributed by atoms with E-state index in [1.807, 2.05) is 35.2 Å². The fraction of sp³-hybridized carbons (Fsp3) is 0.143. The van der Waals surface area contributed by atoms with Crippen molar-refractivity contribution in [1.82, 2.24) is 19.7 Å². The summed E-state index contributed by atoms with van der Waals surface area (Å²) in [5.74, 6) is -0.926. The summed E-state index contributed by atoms with van der Waals surface area (Å²) in [7, 11) is 0. The third kappa shape index (κ3) is 3.19. The minimum Gasteiger partial charge on any atom is -0.230 e. The van der Waals surface area contributed by atoms with E-state index in [9.17, 15) is 13.2 Å². The maximum Gasteiger partial charge on any atom is 0.453 e. The molecule has 9 heteroatoms. The number of alkyl halides is 3. The highest BCUT2D eigenvalue weighted by molar-refractivity contribution is 7.98. The third-order valence-electron chi connectivity index (χ3n) is 3.02. The predicted molar refractivity (Wildman–Crippen MR) is 77.5 cm³/mol. The zero-order chi connectivity index (χ0) is 16.4. The van der Waals surface area contributed by atoms with E-state index in [1.165, 1.54) is 0 Å². The first kappa shape index (κ1) is 15.5. The second-order valence-corrected chi connectivity index (χ2v) is 5.32. The highest BCUT2D eigenvalue weighted by atomic mass is 32.2. The van der Waals surface area contributed by atoms with Crippen molar-refractivity contribution in [3.05, 3.63) is 54.9 Å². The van der Waals surface area contributed by atoms with Gasteiger partial charge in [0.15, 0.2) is 12.0 Å². The molecule has 118 valence electrons. The molecule has 23 heavy (non-hydrogen) atoms. The van der Waals surface area contributed by atoms with Crippen molar-refractivity contribution in [3.63, 3.8) is 0 Å². The first-order chi connectivity index (χ1) is 11.0. The molecule has 0 saturated carbocycles. The van der Waals surface area contributed by atoms with Crippen LogP contribution in [-0.4, -0.2) is 26.0 Å². The minimum atomic E-state index is -4.57. The number of halogens is 3. The maximum absolute atomic E-state index is 12.5. The molecular weight excluding hydrogens is 327 g/mol. The zero-order valence-electron chi connectivity index (χ0n) is 11.9. The molecule has 0 radical (unpaired) electrons. The van der Waals surface area contributed by atoms with Crippen LogP contribution in [0.25, 0.3) is 11.5 Å². The van der Waals surface area contributed by atoms with Gasteiger partial charge in [-0.2, -0.15) is 17.7 Å². The lowest BCUT2D eigenvalue weighted by Crippen LogP contribution is -2.32. The molecule has 0 aromatic carbocycles. The van der Waals surface area contributed by atoms with Gasteiger partial charge in [-0.15, -0.1) is 5.10 Å². The van der Waals surface area contributed by atoms with Gasteiger partial charge in [0.2, 0.25) is 10.7 Å². The molecule has 0 aliphatic carbocycles. The number of aromatic nitrogens is 5. The molecule has 3 heterocycles. The van der Waals surface area contributed by atoms with Gasteiger partial charge >= 0.3 is 6.18 Å². The SMILES string of the molecule is CSc1cccc[n+]1-c1ccc(-n2cnc(C(F)(F)F)n2)nc1. The van der Waals surface area contributed by atoms with Crippen LogP contribution < -0.4 is 4.57 Å². The van der Waals surface area contributed by atoms with Crippen molar-refractivity contribution in [2.24, 2.45) is 0 Å². The molecular formula is C14H11F3N5S+. The molecule has 0 spiro atoms. The molecule has 0 atom stereocenters. The van der Waals surface area contributed by atoms with Gasteiger partial charge in [0.1, 0.15) is 12.5 Å². The Balaban J connectivity index is 1.92. The van der Waals surface area contributed by atoms with E-state index < -0.39 is 12.0 Å². The van der Waals surface area contributed by atoms with Gasteiger partial charge in [-0.3, -0.25) is 0 Å². The van der Waals surface area contributed by atoms with Crippen molar-refractivity contribution >= 4 is 11.8 Å². The third-order valence-corrected chi connectivity index (χ3v) is 3.77. The second-order valence-electron chi connectivity index (χ2n) is 4.50. The van der Waals surface area contributed by atoms with Crippen molar-refractivity contribution in [2.45, 2.75) is 11.2 Å². The van der Waals surface area contributed by atoms with Crippen LogP contribution in [0, 0.1) is 0 Å². The Labute approximate surface area is 133 Å². The predicted octanol–water partition coefficient (Wildman–Crippen LogP) is 2.68. The van der Waals surface area contributed by atoms with E-state index >= 15 is 0 Å². The van der Waals surface area contributed by atoms with E-state index in [-0.39, 0.29) is 5.82 Å². The summed E-state index contributed by atoms with van der Waals surface area (Å²) >= 11 is 1.58. The Morgan fingerprint density at radius 3 is 2.57 bits per heavy atom. The van der Waals surface area contributed by atoms with Crippen LogP contribution in [0.5, 0.6) is 0 Å². The van der Waals surface area contributed by atoms with E-state index in [1.54, 1.807) is 30.1 Å². The highest BCUT2D eigenvalue weighted by Crippen LogP contribution is 2.25. The topological polar surface area (TPSA) is 47.5 Å². The average molecular weight is 338 g/mol. The lowest BCUT2D eigenvalue weighted by atomic mass is 10.3. The molecule has 0 amide bonds. The van der Waals surface area contributed by atoms with Crippen LogP contribution in [0.4, 0.5) is 13.2 Å². The monoisotopic (exact) mass is 338 g/mol. The van der Waals surface area contributed by atoms with Gasteiger partial charge in [-0.1, -0.05) is 11.8 Å². The van der Waals surface area contributed by atoms with Crippen LogP contribution >= 0.6 is 11.8 Å². The molecule has 0 fully saturated rings. The second kappa shape index (κ2) is 5.99. The normalized spacial score (nSPS) is 11.7. The summed E-state index contributed by atoms with van der Waals surface area (Å²) in [6.45, 7) is 0. The van der Waals surface area contributed by atoms with Crippen LogP contribution in [0.3, 0.4) is 0 Å². The van der Waals surface area contributed by atoms with Crippen LogP contribution in [0.15, 0.2) is 54.1 Å². The van der Waals surface area contributed by atoms with E-state index in [0.29, 0.717) is 0 Å². The highest BCUT2D eigenvalue weighted by Gasteiger charge is 2.36. The summed E-state index contributed by atoms with van der Waals surface area (Å²) in [6, 6.07) is 9.13. The first-order valence-electron chi connectivity index (χ1n) is 6.49. The number of pyridine rings is 2. The molecule has 0 aliphatic heterocycles. The number of rotatable bonds is 3. The summed E-state index contributed by atoms with van der Waals surface area (Å²) in [5.41, 5.74) is 0.801. The molecule has 3 aromatic heterocycles. The fourth-order valence-corrected chi connectivity index (χ4v) is 2.54. The smallest absolute Gasteiger partial charge is 0.230 e. The van der Waals surface area contributed by atoms with Gasteiger partial charge in [0.25, 0.3) is 5.82 Å². The fourth-order valence-electron chi connectivity index (χ4n) is 1.97. The Kier molecular flexibility index (Phi) is 4.03. The van der Waals surface area contributed by atoms with Crippen LogP contribution in [0.1, 0.15) is 5.82 Å². The Morgan fingerprint density at radius 2 is 1.96 bits per heavy atom. The summed E-state index contributed by atoms with van der Waals surface area (Å²) in [5, 5.41) is 4.41. The average Bonchev–Trinajstić information content (AvgIpc) is 3.05. The van der Waals surface area contributed by atoms with Crippen LogP contribution in [-0.2, 0) is 6.18 Å². The van der Waals surface area contributed by atoms with Crippen molar-refractivity contribution in [3.8, 4) is 11.5 Å². The lowest BCUT2D eigenvalue weighted by molar-refractivity contribution is -0.636. The molecule has 3 aromatic rings. The Morgan fingerprint density at radius 1 is 1.13 bits per heavy atom. The van der Waals surface area contributed by atoms with Crippen LogP contribution in [0.2, 0.25) is 0 Å². The Hall–Kier alpha value is -2.42. The number of nitrogens with zero attached hydrogens (tertiary/aromatic N) is 5. The first-order valence-corrected chi connectivity index (χ1v) is 7.72. The molecule has 0 unspecified atom stereocenters. The molecule has 0 N–H and O–H groups in total. The maximum atomic E-state index is 12.5.